The summed E-state index contributed by atoms with van der Waals surface area (Å²) in [5.41, 5.74) is -0.188. The normalized spacial score (nSPS) is 8.00. The summed E-state index contributed by atoms with van der Waals surface area (Å²) in [5.74, 6) is -2.53. The van der Waals surface area contributed by atoms with Crippen LogP contribution in [-0.4, -0.2) is 32.5 Å². The Morgan fingerprint density at radius 3 is 1.95 bits per heavy atom. The van der Waals surface area contributed by atoms with Crippen LogP contribution >= 0.6 is 0 Å². The molecule has 0 atom stereocenters. The maximum Gasteiger partial charge on any atom is 1.00 e. The minimum atomic E-state index is -1.38. The zero-order valence-corrected chi connectivity index (χ0v) is 13.8. The number of nitrogens with zero attached hydrogens (tertiary/aromatic N) is 2. The van der Waals surface area contributed by atoms with Crippen molar-refractivity contribution in [2.24, 2.45) is 0 Å². The Labute approximate surface area is 157 Å². The summed E-state index contributed by atoms with van der Waals surface area (Å²) in [5, 5.41) is 18.7. The van der Waals surface area contributed by atoms with E-state index in [1.165, 1.54) is 24.5 Å². The first-order chi connectivity index (χ1) is 8.61. The Morgan fingerprint density at radius 1 is 1.05 bits per heavy atom. The topological polar surface area (TPSA) is 135 Å². The molecule has 20 heavy (non-hydrogen) atoms. The van der Waals surface area contributed by atoms with E-state index in [0.29, 0.717) is 0 Å². The van der Waals surface area contributed by atoms with Crippen molar-refractivity contribution < 1.29 is 76.7 Å². The van der Waals surface area contributed by atoms with Crippen molar-refractivity contribution in [1.82, 2.24) is 9.97 Å². The first-order valence-corrected chi connectivity index (χ1v) is 4.86. The molecule has 2 aromatic rings. The summed E-state index contributed by atoms with van der Waals surface area (Å²) in [6.07, 6.45) is 4.88. The first kappa shape index (κ1) is 21.1. The van der Waals surface area contributed by atoms with Crippen LogP contribution in [0.1, 0.15) is 20.7 Å². The van der Waals surface area contributed by atoms with Crippen LogP contribution in [0.3, 0.4) is 0 Å². The fraction of sp³-hybridized carbons (Fsp3) is 0. The second kappa shape index (κ2) is 11.6. The van der Waals surface area contributed by atoms with E-state index in [1.807, 2.05) is 0 Å². The Kier molecular flexibility index (Phi) is 12.3. The van der Waals surface area contributed by atoms with Crippen molar-refractivity contribution in [2.75, 3.05) is 0 Å². The summed E-state index contributed by atoms with van der Waals surface area (Å²) in [6, 6.07) is 6.78. The molecule has 0 aliphatic heterocycles. The molecule has 8 heteroatoms. The molecule has 1 aromatic heterocycles. The number of aromatic carboxylic acids is 2. The van der Waals surface area contributed by atoms with Crippen LogP contribution in [0.25, 0.3) is 0 Å². The molecule has 100 valence electrons. The van der Waals surface area contributed by atoms with Crippen LogP contribution in [0.2, 0.25) is 0 Å². The van der Waals surface area contributed by atoms with Gasteiger partial charge in [-0.3, -0.25) is 0 Å². The zero-order valence-electron chi connectivity index (χ0n) is 10.7. The Hall–Kier alpha value is -1.16. The summed E-state index contributed by atoms with van der Waals surface area (Å²) in [6.45, 7) is 0. The van der Waals surface area contributed by atoms with Crippen molar-refractivity contribution in [3.63, 3.8) is 0 Å². The number of benzene rings is 1. The molecule has 0 bridgehead atoms. The number of hydrogen-bond acceptors (Lipinski definition) is 5. The third kappa shape index (κ3) is 8.10. The Balaban J connectivity index is 0. The molecule has 0 saturated heterocycles. The standard InChI is InChI=1S/C8H6O4.C4H4N2.K.H2O/c9-7(10)5-2-1-3-6(4-5)8(11)12;1-2-5-4-6-3-1;;/h1-4H,(H,9,10)(H,11,12);1-4H;;1H2/q;;+1;/p-1. The fourth-order valence-corrected chi connectivity index (χ4v) is 1.03. The summed E-state index contributed by atoms with van der Waals surface area (Å²) < 4.78 is 0. The van der Waals surface area contributed by atoms with Crippen LogP contribution in [0.5, 0.6) is 0 Å². The number of aromatic nitrogens is 2. The average molecular weight is 302 g/mol. The number of carbonyl (C=O) groups is 2. The van der Waals surface area contributed by atoms with Crippen molar-refractivity contribution in [2.45, 2.75) is 0 Å². The summed E-state index contributed by atoms with van der Waals surface area (Å²) in [4.78, 5) is 28.0. The van der Waals surface area contributed by atoms with E-state index in [9.17, 15) is 14.7 Å². The van der Waals surface area contributed by atoms with Gasteiger partial charge in [0.1, 0.15) is 6.33 Å². The SMILES string of the molecule is O.O=C([O-])c1cccc(C(=O)O)c1.[K+].c1cncnc1. The Bertz CT molecular complexity index is 480. The molecule has 1 heterocycles. The van der Waals surface area contributed by atoms with Crippen molar-refractivity contribution in [1.29, 1.82) is 0 Å². The van der Waals surface area contributed by atoms with E-state index in [0.717, 1.165) is 6.07 Å². The van der Waals surface area contributed by atoms with Crippen LogP contribution < -0.4 is 56.5 Å². The van der Waals surface area contributed by atoms with Crippen LogP contribution in [0.4, 0.5) is 0 Å². The van der Waals surface area contributed by atoms with Gasteiger partial charge in [-0.25, -0.2) is 14.8 Å². The second-order valence-electron chi connectivity index (χ2n) is 3.08. The molecule has 0 aliphatic carbocycles. The summed E-state index contributed by atoms with van der Waals surface area (Å²) >= 11 is 0. The van der Waals surface area contributed by atoms with E-state index < -0.39 is 11.9 Å². The molecular formula is C12H11KN2O5. The number of hydrogen-bond donors (Lipinski definition) is 1. The molecule has 3 N–H and O–H groups in total. The predicted octanol–water partition coefficient (Wildman–Crippen LogP) is -3.60. The Morgan fingerprint density at radius 2 is 1.60 bits per heavy atom. The number of carboxylic acids is 2. The third-order valence-electron chi connectivity index (χ3n) is 1.82. The zero-order chi connectivity index (χ0) is 13.4. The van der Waals surface area contributed by atoms with Crippen LogP contribution in [0, 0.1) is 0 Å². The van der Waals surface area contributed by atoms with E-state index >= 15 is 0 Å². The quantitative estimate of drug-likeness (QED) is 0.570. The van der Waals surface area contributed by atoms with Gasteiger partial charge in [-0.2, -0.15) is 0 Å². The summed E-state index contributed by atoms with van der Waals surface area (Å²) in [7, 11) is 0. The maximum atomic E-state index is 10.4. The molecule has 0 amide bonds. The second-order valence-corrected chi connectivity index (χ2v) is 3.08. The van der Waals surface area contributed by atoms with E-state index in [4.69, 9.17) is 5.11 Å². The number of carbonyl (C=O) groups excluding carboxylic acids is 1. The molecule has 0 aliphatic rings. The van der Waals surface area contributed by atoms with Gasteiger partial charge >= 0.3 is 57.4 Å². The minimum absolute atomic E-state index is 0. The van der Waals surface area contributed by atoms with Crippen molar-refractivity contribution in [3.8, 4) is 0 Å². The molecule has 2 rings (SSSR count). The van der Waals surface area contributed by atoms with Crippen molar-refractivity contribution >= 4 is 11.9 Å². The van der Waals surface area contributed by atoms with Crippen LogP contribution in [0.15, 0.2) is 49.1 Å². The maximum absolute atomic E-state index is 10.4. The molecule has 1 aromatic carbocycles. The van der Waals surface area contributed by atoms with Gasteiger partial charge in [-0.1, -0.05) is 12.1 Å². The number of carboxylic acid groups (broad SMARTS) is 2. The van der Waals surface area contributed by atoms with Crippen LogP contribution in [-0.2, 0) is 0 Å². The number of rotatable bonds is 2. The first-order valence-electron chi connectivity index (χ1n) is 4.86. The van der Waals surface area contributed by atoms with Crippen molar-refractivity contribution in [3.05, 3.63) is 60.2 Å². The molecule has 7 nitrogen and oxygen atoms in total. The largest absolute Gasteiger partial charge is 1.00 e. The smallest absolute Gasteiger partial charge is 0.545 e. The van der Waals surface area contributed by atoms with E-state index in [-0.39, 0.29) is 68.0 Å². The minimum Gasteiger partial charge on any atom is -0.545 e. The average Bonchev–Trinajstić information content (AvgIpc) is 2.41. The predicted molar refractivity (Wildman–Crippen MR) is 63.4 cm³/mol. The molecule has 0 radical (unpaired) electrons. The van der Waals surface area contributed by atoms with E-state index in [2.05, 4.69) is 9.97 Å². The molecule has 0 saturated carbocycles. The van der Waals surface area contributed by atoms with Gasteiger partial charge in [0.05, 0.1) is 11.5 Å². The molecule has 0 unspecified atom stereocenters. The van der Waals surface area contributed by atoms with Gasteiger partial charge in [-0.15, -0.1) is 0 Å². The molecular weight excluding hydrogens is 291 g/mol. The van der Waals surface area contributed by atoms with Gasteiger partial charge in [0, 0.05) is 12.4 Å². The van der Waals surface area contributed by atoms with E-state index in [1.54, 1.807) is 18.5 Å². The van der Waals surface area contributed by atoms with Gasteiger partial charge in [0.25, 0.3) is 0 Å². The molecule has 0 fully saturated rings. The fourth-order valence-electron chi connectivity index (χ4n) is 1.03. The molecule has 0 spiro atoms. The van der Waals surface area contributed by atoms with Gasteiger partial charge in [0.15, 0.2) is 0 Å². The van der Waals surface area contributed by atoms with Gasteiger partial charge in [-0.05, 0) is 23.8 Å². The third-order valence-corrected chi connectivity index (χ3v) is 1.82. The van der Waals surface area contributed by atoms with Gasteiger partial charge < -0.3 is 20.5 Å². The monoisotopic (exact) mass is 302 g/mol. The van der Waals surface area contributed by atoms with Gasteiger partial charge in [0.2, 0.25) is 0 Å².